The minimum atomic E-state index is -3.71. The molecule has 688 valence electrons. The average molecular weight is 1870 g/mol. The molecule has 0 spiro atoms. The van der Waals surface area contributed by atoms with Gasteiger partial charge in [0.1, 0.15) is 37.7 Å². The summed E-state index contributed by atoms with van der Waals surface area (Å²) < 4.78 is 78.7. The molecule has 0 radical (unpaired) electrons. The predicted molar refractivity (Wildman–Crippen MR) is 566 cm³/mol. The Morgan fingerprint density at radius 3 is 1.17 bits per heavy atom. The average Bonchev–Trinajstić information content (AvgIpc) is 1.51. The lowest BCUT2D eigenvalue weighted by molar-refractivity contribution is 0.464. The molecule has 0 saturated heterocycles. The fourth-order valence-corrected chi connectivity index (χ4v) is 25.7. The minimum Gasteiger partial charge on any atom is -0.449 e. The van der Waals surface area contributed by atoms with E-state index in [0.717, 1.165) is 129 Å². The lowest BCUT2D eigenvalue weighted by atomic mass is 9.94. The fourth-order valence-electron chi connectivity index (χ4n) is 21.4. The van der Waals surface area contributed by atoms with Crippen LogP contribution in [0.5, 0.6) is 11.5 Å². The highest BCUT2D eigenvalue weighted by Gasteiger charge is 2.43. The van der Waals surface area contributed by atoms with E-state index in [-0.39, 0.29) is 4.90 Å². The highest BCUT2D eigenvalue weighted by Crippen LogP contribution is 2.61. The monoisotopic (exact) mass is 1870 g/mol. The van der Waals surface area contributed by atoms with E-state index in [1.54, 1.807) is 23.9 Å². The Bertz CT molecular complexity index is 8040. The largest absolute Gasteiger partial charge is 0.449 e. The van der Waals surface area contributed by atoms with Crippen molar-refractivity contribution in [1.29, 1.82) is 0 Å². The van der Waals surface area contributed by atoms with E-state index in [4.69, 9.17) is 26.8 Å². The topological polar surface area (TPSA) is 142 Å². The molecule has 0 fully saturated rings. The number of aryl methyl sites for hydroxylation is 20. The molecule has 5 aliphatic heterocycles. The molecule has 0 N–H and O–H groups in total. The molecule has 1 unspecified atom stereocenters. The van der Waals surface area contributed by atoms with E-state index >= 15 is 0 Å². The van der Waals surface area contributed by atoms with Crippen molar-refractivity contribution >= 4 is 174 Å². The second kappa shape index (κ2) is 34.8. The molecule has 5 aromatic heterocycles. The second-order valence-corrected chi connectivity index (χ2v) is 42.2. The van der Waals surface area contributed by atoms with Gasteiger partial charge in [0.15, 0.2) is 11.5 Å². The zero-order chi connectivity index (χ0) is 96.2. The molecule has 1 atom stereocenters. The maximum Gasteiger partial charge on any atom is 0.249 e. The van der Waals surface area contributed by atoms with Crippen LogP contribution in [0.1, 0.15) is 122 Å². The van der Waals surface area contributed by atoms with Crippen LogP contribution in [0, 0.1) is 138 Å². The van der Waals surface area contributed by atoms with Gasteiger partial charge < -0.3 is 26.8 Å². The summed E-state index contributed by atoms with van der Waals surface area (Å²) in [5, 5.41) is 4.98. The zero-order valence-electron chi connectivity index (χ0n) is 81.3. The summed E-state index contributed by atoms with van der Waals surface area (Å²) in [5.74, 6) is 5.27. The quantitative estimate of drug-likeness (QED) is 0.161. The molecule has 0 bridgehead atoms. The molecular weight excluding hydrogens is 1760 g/mol. The summed E-state index contributed by atoms with van der Waals surface area (Å²) in [4.78, 5) is 15.5. The Hall–Kier alpha value is -14.8. The van der Waals surface area contributed by atoms with Crippen molar-refractivity contribution in [3.05, 3.63) is 395 Å². The van der Waals surface area contributed by atoms with E-state index in [0.29, 0.717) is 33.3 Å². The van der Waals surface area contributed by atoms with Crippen molar-refractivity contribution in [2.75, 3.05) is 24.5 Å². The van der Waals surface area contributed by atoms with Crippen LogP contribution in [0.4, 0.5) is 86.3 Å². The number of hydrogen-bond donors (Lipinski definition) is 0. The molecule has 5 aliphatic rings. The van der Waals surface area contributed by atoms with Crippen LogP contribution in [0.2, 0.25) is 0 Å². The molecule has 15 aromatic carbocycles. The van der Waals surface area contributed by atoms with Crippen molar-refractivity contribution in [3.63, 3.8) is 0 Å². The number of anilines is 15. The first-order valence-electron chi connectivity index (χ1n) is 46.8. The summed E-state index contributed by atoms with van der Waals surface area (Å²) in [6, 6.07) is 93.3. The summed E-state index contributed by atoms with van der Waals surface area (Å²) in [5.41, 5.74) is 41.3. The number of fused-ring (bicyclic) bond motifs is 20. The Morgan fingerprint density at radius 1 is 0.290 bits per heavy atom. The lowest BCUT2D eigenvalue weighted by Crippen LogP contribution is -2.22. The van der Waals surface area contributed by atoms with Gasteiger partial charge in [0, 0.05) is 38.4 Å². The molecule has 25 rings (SSSR count). The number of hydrogen-bond acceptors (Lipinski definition) is 15. The van der Waals surface area contributed by atoms with Crippen molar-refractivity contribution < 1.29 is 39.4 Å². The number of benzene rings is 15. The third kappa shape index (κ3) is 15.4. The van der Waals surface area contributed by atoms with Crippen LogP contribution in [0.15, 0.2) is 324 Å². The van der Waals surface area contributed by atoms with Gasteiger partial charge in [-0.3, -0.25) is 24.5 Å². The van der Waals surface area contributed by atoms with E-state index < -0.39 is 20.6 Å². The van der Waals surface area contributed by atoms with E-state index in [9.17, 15) is 12.6 Å². The molecule has 10 heterocycles. The van der Waals surface area contributed by atoms with E-state index in [1.807, 2.05) is 124 Å². The van der Waals surface area contributed by atoms with Gasteiger partial charge in [0.25, 0.3) is 0 Å². The van der Waals surface area contributed by atoms with Gasteiger partial charge in [0.05, 0.1) is 87.7 Å². The lowest BCUT2D eigenvalue weighted by Gasteiger charge is -2.32. The van der Waals surface area contributed by atoms with Gasteiger partial charge in [-0.25, -0.2) is 12.6 Å². The zero-order valence-corrected chi connectivity index (χ0v) is 83.8. The first-order chi connectivity index (χ1) is 66.3. The molecule has 17 heteroatoms. The van der Waals surface area contributed by atoms with Crippen molar-refractivity contribution in [1.82, 2.24) is 0 Å². The van der Waals surface area contributed by atoms with E-state index in [2.05, 4.69) is 300 Å². The van der Waals surface area contributed by atoms with Gasteiger partial charge >= 0.3 is 0 Å². The van der Waals surface area contributed by atoms with E-state index in [1.165, 1.54) is 143 Å². The molecule has 20 aromatic rings. The summed E-state index contributed by atoms with van der Waals surface area (Å²) in [6.45, 7) is 42.4. The van der Waals surface area contributed by atoms with Crippen LogP contribution < -0.4 is 29.2 Å². The SMILES string of the molecule is Cc1cc(C)c(N2c3ccccc3Cc3c2oc2ccc(C)cc32)c(C)c1.Cc1cc(C)c(N2c3ccccc3Oc3c2oc2ccc(C)cc32)c(C)c1.Cc1cc(C)c(N2c3ccccc3S(=O)(=O)c3c2oc2ccc(C)cc32)c(C)c1.Cc1cc(C)c(N2c3ccccc3S(=O)c3c2oc2ccc(C)cc32)c(C)c1.Cc1cc(C)c(N2c3ccccc3Sc3c2oc2ccc(C)cc32)c(C)c1. The van der Waals surface area contributed by atoms with Crippen LogP contribution >= 0.6 is 11.8 Å². The number of sulfone groups is 1. The Balaban J connectivity index is 0.000000103. The number of nitrogens with zero attached hydrogens (tertiary/aromatic N) is 5. The number of para-hydroxylation sites is 6. The molecular formula is C121H107N5O9S3. The normalized spacial score (nSPS) is 13.8. The maximum atomic E-state index is 13.6. The molecule has 0 amide bonds. The van der Waals surface area contributed by atoms with Gasteiger partial charge in [0.2, 0.25) is 39.3 Å². The Labute approximate surface area is 812 Å². The summed E-state index contributed by atoms with van der Waals surface area (Å²) >= 11 is 1.81. The molecule has 0 saturated carbocycles. The first kappa shape index (κ1) is 89.8. The third-order valence-corrected chi connectivity index (χ3v) is 31.3. The summed E-state index contributed by atoms with van der Waals surface area (Å²) in [7, 11) is -5.00. The van der Waals surface area contributed by atoms with Crippen LogP contribution in [-0.4, -0.2) is 12.6 Å². The molecule has 14 nitrogen and oxygen atoms in total. The minimum absolute atomic E-state index is 0.245. The third-order valence-electron chi connectivity index (χ3n) is 26.7. The van der Waals surface area contributed by atoms with Gasteiger partial charge in [-0.05, 0) is 315 Å². The Morgan fingerprint density at radius 2 is 0.638 bits per heavy atom. The number of rotatable bonds is 5. The van der Waals surface area contributed by atoms with Crippen LogP contribution in [-0.2, 0) is 27.1 Å². The Kier molecular flexibility index (Phi) is 22.6. The fraction of sp³-hybridized carbons (Fsp3) is 0.174. The second-order valence-electron chi connectivity index (χ2n) is 37.9. The smallest absolute Gasteiger partial charge is 0.249 e. The number of furan rings is 5. The number of ether oxygens (including phenoxy) is 1. The maximum absolute atomic E-state index is 13.6. The highest BCUT2D eigenvalue weighted by molar-refractivity contribution is 8.00. The molecule has 138 heavy (non-hydrogen) atoms. The predicted octanol–water partition coefficient (Wildman–Crippen LogP) is 34.8. The van der Waals surface area contributed by atoms with Gasteiger partial charge in [-0.1, -0.05) is 225 Å². The highest BCUT2D eigenvalue weighted by atomic mass is 32.2. The molecule has 0 aliphatic carbocycles. The van der Waals surface area contributed by atoms with Crippen molar-refractivity contribution in [2.24, 2.45) is 0 Å². The van der Waals surface area contributed by atoms with Gasteiger partial charge in [-0.15, -0.1) is 0 Å². The summed E-state index contributed by atoms with van der Waals surface area (Å²) in [6.07, 6.45) is 0.905. The van der Waals surface area contributed by atoms with Crippen molar-refractivity contribution in [3.8, 4) is 11.5 Å². The van der Waals surface area contributed by atoms with Crippen LogP contribution in [0.25, 0.3) is 54.8 Å². The van der Waals surface area contributed by atoms with Crippen molar-refractivity contribution in [2.45, 2.75) is 174 Å². The first-order valence-corrected chi connectivity index (χ1v) is 50.3. The standard InChI is InChI=1S/C25H23NO.C24H21NO3S.C24H21NO2S.C24H21NO2.C24H21NOS/c1-15-9-10-23-20(13-15)21-14-19-7-5-6-8-22(19)26(25(21)27-23)24-17(3)11-16(2)12-18(24)4;1-14-9-10-20-18(13-14)23-24(28-20)25(22-16(3)11-15(2)12-17(22)4)19-7-5-6-8-21(19)29(23,26)27;1-14-9-10-20-18(13-14)23-24(27-20)25(19-7-5-6-8-21(19)28(23)26)22-16(3)11-15(2)12-17(22)4;1-14-9-10-20-18(13-14)23-24(27-20)25(19-7-5-6-8-21(19)26-23)22-16(3)11-15(2)12-17(22)4;1-14-9-10-20-18(13-14)23-24(26-20)25(19-7-5-6-8-21(19)27-23)22-16(3)11-15(2)12-17(22)4/h5-13H,14H2,1-4H3;5-13H,1-4H3;5-13H,1-4H3;2*5-13H,1-4H3. The van der Waals surface area contributed by atoms with Crippen LogP contribution in [0.3, 0.4) is 0 Å². The van der Waals surface area contributed by atoms with Gasteiger partial charge in [-0.2, -0.15) is 0 Å².